The highest BCUT2D eigenvalue weighted by Crippen LogP contribution is 2.30. The molecule has 3 nitrogen and oxygen atoms in total. The number of benzene rings is 1. The summed E-state index contributed by atoms with van der Waals surface area (Å²) in [5, 5.41) is 0.652. The number of halogens is 1. The maximum Gasteiger partial charge on any atom is 0.137 e. The summed E-state index contributed by atoms with van der Waals surface area (Å²) in [5.74, 6) is 0.713. The van der Waals surface area contributed by atoms with Crippen LogP contribution in [-0.2, 0) is 0 Å². The highest BCUT2D eigenvalue weighted by molar-refractivity contribution is 6.32. The van der Waals surface area contributed by atoms with Gasteiger partial charge in [0.05, 0.1) is 12.1 Å². The molecule has 0 heterocycles. The second kappa shape index (κ2) is 10.0. The monoisotopic (exact) mass is 312 g/mol. The predicted molar refractivity (Wildman–Crippen MR) is 91.2 cm³/mol. The first-order valence-corrected chi connectivity index (χ1v) is 8.33. The third kappa shape index (κ3) is 5.50. The van der Waals surface area contributed by atoms with Crippen molar-refractivity contribution in [2.45, 2.75) is 45.6 Å². The van der Waals surface area contributed by atoms with Crippen LogP contribution in [0.2, 0.25) is 5.02 Å². The van der Waals surface area contributed by atoms with E-state index in [2.05, 4.69) is 24.8 Å². The van der Waals surface area contributed by atoms with Gasteiger partial charge in [-0.15, -0.1) is 0 Å². The summed E-state index contributed by atoms with van der Waals surface area (Å²) in [6.07, 6.45) is 4.79. The first kappa shape index (κ1) is 18.3. The Kier molecular flexibility index (Phi) is 8.74. The van der Waals surface area contributed by atoms with Crippen LogP contribution in [0.15, 0.2) is 18.2 Å². The number of rotatable bonds is 10. The van der Waals surface area contributed by atoms with Crippen molar-refractivity contribution in [1.29, 1.82) is 0 Å². The van der Waals surface area contributed by atoms with Crippen LogP contribution in [0, 0.1) is 0 Å². The summed E-state index contributed by atoms with van der Waals surface area (Å²) in [4.78, 5) is 2.49. The van der Waals surface area contributed by atoms with E-state index in [1.54, 1.807) is 7.11 Å². The molecule has 1 unspecified atom stereocenters. The molecule has 0 bridgehead atoms. The molecule has 120 valence electrons. The average Bonchev–Trinajstić information content (AvgIpc) is 2.50. The fraction of sp³-hybridized carbons (Fsp3) is 0.647. The predicted octanol–water partition coefficient (Wildman–Crippen LogP) is 4.25. The molecule has 1 aromatic carbocycles. The second-order valence-electron chi connectivity index (χ2n) is 5.39. The lowest BCUT2D eigenvalue weighted by molar-refractivity contribution is 0.195. The van der Waals surface area contributed by atoms with Crippen LogP contribution in [0.1, 0.15) is 51.1 Å². The van der Waals surface area contributed by atoms with Crippen molar-refractivity contribution in [3.8, 4) is 5.75 Å². The van der Waals surface area contributed by atoms with Crippen LogP contribution < -0.4 is 10.5 Å². The van der Waals surface area contributed by atoms with Crippen molar-refractivity contribution >= 4 is 11.6 Å². The summed E-state index contributed by atoms with van der Waals surface area (Å²) in [6, 6.07) is 6.22. The van der Waals surface area contributed by atoms with Gasteiger partial charge in [-0.05, 0) is 43.6 Å². The van der Waals surface area contributed by atoms with Gasteiger partial charge in [0.2, 0.25) is 0 Å². The number of methoxy groups -OCH3 is 1. The molecule has 0 aliphatic rings. The second-order valence-corrected chi connectivity index (χ2v) is 5.80. The van der Waals surface area contributed by atoms with Gasteiger partial charge >= 0.3 is 0 Å². The Hall–Kier alpha value is -0.770. The molecule has 0 fully saturated rings. The zero-order valence-corrected chi connectivity index (χ0v) is 14.3. The van der Waals surface area contributed by atoms with Crippen molar-refractivity contribution in [3.05, 3.63) is 28.8 Å². The summed E-state index contributed by atoms with van der Waals surface area (Å²) >= 11 is 6.26. The van der Waals surface area contributed by atoms with E-state index >= 15 is 0 Å². The number of ether oxygens (including phenoxy) is 1. The van der Waals surface area contributed by atoms with Gasteiger partial charge in [0.15, 0.2) is 0 Å². The molecule has 4 heteroatoms. The molecular formula is C17H29ClN2O. The molecule has 0 spiro atoms. The Labute approximate surface area is 134 Å². The normalized spacial score (nSPS) is 12.7. The van der Waals surface area contributed by atoms with Gasteiger partial charge < -0.3 is 10.5 Å². The zero-order chi connectivity index (χ0) is 15.7. The molecule has 21 heavy (non-hydrogen) atoms. The van der Waals surface area contributed by atoms with Gasteiger partial charge in [-0.3, -0.25) is 4.90 Å². The number of unbranched alkanes of at least 4 members (excludes halogenated alkanes) is 2. The molecule has 0 aliphatic carbocycles. The SMILES string of the molecule is CCCCN(CCCC)C(CN)c1ccc(OC)c(Cl)c1. The molecule has 2 N–H and O–H groups in total. The van der Waals surface area contributed by atoms with Gasteiger partial charge in [-0.2, -0.15) is 0 Å². The highest BCUT2D eigenvalue weighted by Gasteiger charge is 2.19. The minimum absolute atomic E-state index is 0.228. The van der Waals surface area contributed by atoms with Gasteiger partial charge in [0, 0.05) is 12.6 Å². The Morgan fingerprint density at radius 2 is 1.81 bits per heavy atom. The maximum absolute atomic E-state index is 6.26. The van der Waals surface area contributed by atoms with Crippen LogP contribution in [0.3, 0.4) is 0 Å². The molecule has 0 radical (unpaired) electrons. The molecule has 0 amide bonds. The van der Waals surface area contributed by atoms with Gasteiger partial charge in [0.1, 0.15) is 5.75 Å². The highest BCUT2D eigenvalue weighted by atomic mass is 35.5. The molecular weight excluding hydrogens is 284 g/mol. The van der Waals surface area contributed by atoms with E-state index in [4.69, 9.17) is 22.1 Å². The third-order valence-corrected chi connectivity index (χ3v) is 4.12. The maximum atomic E-state index is 6.26. The first-order valence-electron chi connectivity index (χ1n) is 7.95. The minimum Gasteiger partial charge on any atom is -0.495 e. The van der Waals surface area contributed by atoms with Crippen molar-refractivity contribution in [2.75, 3.05) is 26.7 Å². The standard InChI is InChI=1S/C17H29ClN2O/c1-4-6-10-20(11-7-5-2)16(13-19)14-8-9-17(21-3)15(18)12-14/h8-9,12,16H,4-7,10-11,13,19H2,1-3H3. The Morgan fingerprint density at radius 1 is 1.19 bits per heavy atom. The van der Waals surface area contributed by atoms with E-state index in [-0.39, 0.29) is 6.04 Å². The molecule has 1 aromatic rings. The molecule has 0 saturated carbocycles. The Morgan fingerprint density at radius 3 is 2.24 bits per heavy atom. The van der Waals surface area contributed by atoms with E-state index in [1.165, 1.54) is 31.2 Å². The Balaban J connectivity index is 2.92. The topological polar surface area (TPSA) is 38.5 Å². The van der Waals surface area contributed by atoms with Gasteiger partial charge in [-0.25, -0.2) is 0 Å². The first-order chi connectivity index (χ1) is 10.2. The van der Waals surface area contributed by atoms with Gasteiger partial charge in [-0.1, -0.05) is 44.4 Å². The smallest absolute Gasteiger partial charge is 0.137 e. The van der Waals surface area contributed by atoms with Crippen molar-refractivity contribution in [2.24, 2.45) is 5.73 Å². The lowest BCUT2D eigenvalue weighted by Crippen LogP contribution is -2.35. The van der Waals surface area contributed by atoms with E-state index in [0.29, 0.717) is 17.3 Å². The van der Waals surface area contributed by atoms with Crippen LogP contribution in [0.25, 0.3) is 0 Å². The Bertz CT molecular complexity index is 404. The van der Waals surface area contributed by atoms with E-state index < -0.39 is 0 Å². The molecule has 1 atom stereocenters. The van der Waals surface area contributed by atoms with Crippen LogP contribution in [-0.4, -0.2) is 31.6 Å². The molecule has 0 saturated heterocycles. The van der Waals surface area contributed by atoms with Crippen molar-refractivity contribution in [3.63, 3.8) is 0 Å². The molecule has 0 aromatic heterocycles. The molecule has 0 aliphatic heterocycles. The fourth-order valence-corrected chi connectivity index (χ4v) is 2.80. The summed E-state index contributed by atoms with van der Waals surface area (Å²) in [6.45, 7) is 7.22. The summed E-state index contributed by atoms with van der Waals surface area (Å²) in [7, 11) is 1.64. The fourth-order valence-electron chi connectivity index (χ4n) is 2.53. The van der Waals surface area contributed by atoms with Crippen LogP contribution in [0.5, 0.6) is 5.75 Å². The largest absolute Gasteiger partial charge is 0.495 e. The van der Waals surface area contributed by atoms with Crippen LogP contribution >= 0.6 is 11.6 Å². The third-order valence-electron chi connectivity index (χ3n) is 3.82. The average molecular weight is 313 g/mol. The number of hydrogen-bond donors (Lipinski definition) is 1. The number of hydrogen-bond acceptors (Lipinski definition) is 3. The summed E-state index contributed by atoms with van der Waals surface area (Å²) < 4.78 is 5.23. The quantitative estimate of drug-likeness (QED) is 0.702. The zero-order valence-electron chi connectivity index (χ0n) is 13.6. The van der Waals surface area contributed by atoms with Crippen molar-refractivity contribution in [1.82, 2.24) is 4.90 Å². The van der Waals surface area contributed by atoms with E-state index in [1.807, 2.05) is 12.1 Å². The van der Waals surface area contributed by atoms with Gasteiger partial charge in [0.25, 0.3) is 0 Å². The number of nitrogens with two attached hydrogens (primary N) is 1. The van der Waals surface area contributed by atoms with E-state index in [9.17, 15) is 0 Å². The lowest BCUT2D eigenvalue weighted by Gasteiger charge is -2.31. The number of nitrogens with zero attached hydrogens (tertiary/aromatic N) is 1. The van der Waals surface area contributed by atoms with Crippen LogP contribution in [0.4, 0.5) is 0 Å². The lowest BCUT2D eigenvalue weighted by atomic mass is 10.0. The van der Waals surface area contributed by atoms with Crippen molar-refractivity contribution < 1.29 is 4.74 Å². The summed E-state index contributed by atoms with van der Waals surface area (Å²) in [5.41, 5.74) is 7.23. The van der Waals surface area contributed by atoms with E-state index in [0.717, 1.165) is 13.1 Å². The molecule has 1 rings (SSSR count). The minimum atomic E-state index is 0.228.